The van der Waals surface area contributed by atoms with Crippen LogP contribution in [0.25, 0.3) is 11.0 Å². The van der Waals surface area contributed by atoms with Crippen LogP contribution in [-0.2, 0) is 19.3 Å². The van der Waals surface area contributed by atoms with Crippen LogP contribution < -0.4 is 10.3 Å². The topological polar surface area (TPSA) is 77.1 Å². The number of halogens is 2. The van der Waals surface area contributed by atoms with Crippen molar-refractivity contribution in [3.63, 3.8) is 0 Å². The Morgan fingerprint density at radius 2 is 1.71 bits per heavy atom. The Kier molecular flexibility index (Phi) is 11.5. The molecule has 3 aromatic carbocycles. The number of phenolic OH excluding ortho intramolecular Hbond substituents is 2. The highest BCUT2D eigenvalue weighted by atomic mass is 35.5. The smallest absolute Gasteiger partial charge is 0.196 e. The lowest BCUT2D eigenvalue weighted by molar-refractivity contribution is 0.402. The molecule has 8 heteroatoms. The van der Waals surface area contributed by atoms with Gasteiger partial charge in [0.15, 0.2) is 5.43 Å². The number of anilines is 2. The van der Waals surface area contributed by atoms with Crippen molar-refractivity contribution in [1.29, 1.82) is 0 Å². The zero-order valence-corrected chi connectivity index (χ0v) is 26.5. The summed E-state index contributed by atoms with van der Waals surface area (Å²) >= 11 is 6.27. The van der Waals surface area contributed by atoms with E-state index in [-0.39, 0.29) is 40.3 Å². The molecule has 0 atom stereocenters. The average Bonchev–Trinajstić information content (AvgIpc) is 3.05. The van der Waals surface area contributed by atoms with Crippen molar-refractivity contribution in [3.05, 3.63) is 104 Å². The van der Waals surface area contributed by atoms with Gasteiger partial charge in [0.25, 0.3) is 0 Å². The van der Waals surface area contributed by atoms with E-state index in [4.69, 9.17) is 16.0 Å². The minimum absolute atomic E-state index is 0. The normalized spacial score (nSPS) is 12.0. The first-order valence-corrected chi connectivity index (χ1v) is 14.3. The first kappa shape index (κ1) is 33.1. The molecule has 2 heterocycles. The van der Waals surface area contributed by atoms with Crippen LogP contribution in [0.2, 0.25) is 5.02 Å². The van der Waals surface area contributed by atoms with E-state index >= 15 is 0 Å². The number of allylic oxidation sites excluding steroid dienone is 2. The lowest BCUT2D eigenvalue weighted by Crippen LogP contribution is -2.24. The van der Waals surface area contributed by atoms with Crippen LogP contribution >= 0.6 is 24.0 Å². The summed E-state index contributed by atoms with van der Waals surface area (Å²) in [4.78, 5) is 16.6. The molecule has 1 aliphatic heterocycles. The SMILES string of the molecule is CC(C)=CCc1c(O)cc2oc(C)cc(=O)c2c1O.CN(C)CCCN1c2ccccc2CCc2ccc(Cl)cc21.Cl. The molecule has 42 heavy (non-hydrogen) atoms. The standard InChI is InChI=1S/C19H23ClN2.C15H16O4.ClH/c1-21(2)12-5-13-22-18-7-4-3-6-15(18)8-9-16-10-11-17(20)14-19(16)22;1-8(2)4-5-10-11(16)7-13-14(15(10)18)12(17)6-9(3)19-13;/h3-4,6-7,10-11,14H,5,8-9,12-13H2,1-2H3;4,6-7,16,18H,5H2,1-3H3;1H. The van der Waals surface area contributed by atoms with Crippen LogP contribution in [0.15, 0.2) is 75.5 Å². The molecule has 0 fully saturated rings. The highest BCUT2D eigenvalue weighted by molar-refractivity contribution is 6.30. The van der Waals surface area contributed by atoms with Crippen molar-refractivity contribution in [1.82, 2.24) is 4.90 Å². The molecule has 0 spiro atoms. The van der Waals surface area contributed by atoms with Crippen LogP contribution in [0.3, 0.4) is 0 Å². The fourth-order valence-corrected chi connectivity index (χ4v) is 5.29. The second-order valence-electron chi connectivity index (χ2n) is 11.0. The lowest BCUT2D eigenvalue weighted by Gasteiger charge is -2.27. The van der Waals surface area contributed by atoms with E-state index in [1.165, 1.54) is 34.6 Å². The van der Waals surface area contributed by atoms with Gasteiger partial charge in [0.2, 0.25) is 0 Å². The number of aryl methyl sites for hydroxylation is 3. The second kappa shape index (κ2) is 14.6. The molecule has 5 rings (SSSR count). The summed E-state index contributed by atoms with van der Waals surface area (Å²) in [5, 5.41) is 21.0. The fourth-order valence-electron chi connectivity index (χ4n) is 5.13. The maximum atomic E-state index is 11.9. The maximum Gasteiger partial charge on any atom is 0.196 e. The minimum Gasteiger partial charge on any atom is -0.507 e. The van der Waals surface area contributed by atoms with Gasteiger partial charge in [0, 0.05) is 40.6 Å². The summed E-state index contributed by atoms with van der Waals surface area (Å²) in [5.74, 6) is 0.158. The van der Waals surface area contributed by atoms with Crippen molar-refractivity contribution in [3.8, 4) is 11.5 Å². The van der Waals surface area contributed by atoms with Gasteiger partial charge >= 0.3 is 0 Å². The van der Waals surface area contributed by atoms with Gasteiger partial charge in [-0.15, -0.1) is 12.4 Å². The van der Waals surface area contributed by atoms with E-state index in [0.717, 1.165) is 42.9 Å². The van der Waals surface area contributed by atoms with Crippen LogP contribution in [0.1, 0.15) is 42.7 Å². The Morgan fingerprint density at radius 1 is 1.02 bits per heavy atom. The summed E-state index contributed by atoms with van der Waals surface area (Å²) in [5.41, 5.74) is 6.72. The number of nitrogens with zero attached hydrogens (tertiary/aromatic N) is 2. The summed E-state index contributed by atoms with van der Waals surface area (Å²) < 4.78 is 5.35. The first-order valence-electron chi connectivity index (χ1n) is 14.0. The van der Waals surface area contributed by atoms with Gasteiger partial charge in [0.05, 0.1) is 0 Å². The molecule has 1 aliphatic rings. The molecule has 0 saturated carbocycles. The van der Waals surface area contributed by atoms with Crippen LogP contribution in [0.5, 0.6) is 11.5 Å². The largest absolute Gasteiger partial charge is 0.507 e. The summed E-state index contributed by atoms with van der Waals surface area (Å²) in [6.45, 7) is 7.60. The molecule has 224 valence electrons. The minimum atomic E-state index is -0.310. The number of fused-ring (bicyclic) bond motifs is 3. The Labute approximate surface area is 259 Å². The van der Waals surface area contributed by atoms with Gasteiger partial charge in [-0.2, -0.15) is 0 Å². The molecular weight excluding hydrogens is 571 g/mol. The Bertz CT molecular complexity index is 1620. The third kappa shape index (κ3) is 7.88. The molecule has 6 nitrogen and oxygen atoms in total. The number of phenols is 2. The van der Waals surface area contributed by atoms with Gasteiger partial charge in [-0.25, -0.2) is 0 Å². The molecule has 0 amide bonds. The molecule has 2 N–H and O–H groups in total. The average molecular weight is 612 g/mol. The molecule has 4 aromatic rings. The highest BCUT2D eigenvalue weighted by Gasteiger charge is 2.20. The van der Waals surface area contributed by atoms with E-state index < -0.39 is 0 Å². The molecule has 0 radical (unpaired) electrons. The zero-order chi connectivity index (χ0) is 29.7. The second-order valence-corrected chi connectivity index (χ2v) is 11.4. The molecule has 1 aromatic heterocycles. The fraction of sp³-hybridized carbons (Fsp3) is 0.324. The third-order valence-electron chi connectivity index (χ3n) is 7.18. The number of hydrogen-bond acceptors (Lipinski definition) is 6. The number of aromatic hydroxyl groups is 2. The van der Waals surface area contributed by atoms with Gasteiger partial charge in [-0.1, -0.05) is 47.5 Å². The van der Waals surface area contributed by atoms with Gasteiger partial charge in [-0.3, -0.25) is 4.79 Å². The summed E-state index contributed by atoms with van der Waals surface area (Å²) in [7, 11) is 4.25. The van der Waals surface area contributed by atoms with Crippen molar-refractivity contribution in [2.24, 2.45) is 0 Å². The molecule has 0 unspecified atom stereocenters. The monoisotopic (exact) mass is 610 g/mol. The van der Waals surface area contributed by atoms with Crippen molar-refractivity contribution in [2.75, 3.05) is 32.1 Å². The number of para-hydroxylation sites is 1. The third-order valence-corrected chi connectivity index (χ3v) is 7.42. The van der Waals surface area contributed by atoms with E-state index in [9.17, 15) is 15.0 Å². The van der Waals surface area contributed by atoms with Crippen LogP contribution in [-0.4, -0.2) is 42.3 Å². The van der Waals surface area contributed by atoms with E-state index in [0.29, 0.717) is 17.7 Å². The Balaban J connectivity index is 0.000000228. The number of hydrogen-bond donors (Lipinski definition) is 2. The van der Waals surface area contributed by atoms with E-state index in [1.54, 1.807) is 6.92 Å². The van der Waals surface area contributed by atoms with Gasteiger partial charge < -0.3 is 24.4 Å². The van der Waals surface area contributed by atoms with Crippen molar-refractivity contribution < 1.29 is 14.6 Å². The summed E-state index contributed by atoms with van der Waals surface area (Å²) in [6.07, 6.45) is 5.54. The predicted octanol–water partition coefficient (Wildman–Crippen LogP) is 7.97. The molecule has 0 aliphatic carbocycles. The highest BCUT2D eigenvalue weighted by Crippen LogP contribution is 2.38. The number of rotatable bonds is 6. The van der Waals surface area contributed by atoms with E-state index in [2.05, 4.69) is 60.3 Å². The lowest BCUT2D eigenvalue weighted by atomic mass is 10.0. The zero-order valence-electron chi connectivity index (χ0n) is 24.9. The van der Waals surface area contributed by atoms with Gasteiger partial charge in [-0.05, 0) is 96.4 Å². The molecule has 0 bridgehead atoms. The van der Waals surface area contributed by atoms with E-state index in [1.807, 2.05) is 26.0 Å². The molecular formula is C34H40Cl2N2O4. The van der Waals surface area contributed by atoms with Crippen LogP contribution in [0, 0.1) is 6.92 Å². The quantitative estimate of drug-likeness (QED) is 0.216. The summed E-state index contributed by atoms with van der Waals surface area (Å²) in [6, 6.07) is 17.8. The number of benzene rings is 3. The van der Waals surface area contributed by atoms with Crippen LogP contribution in [0.4, 0.5) is 11.4 Å². The first-order chi connectivity index (χ1) is 19.5. The Hall–Kier alpha value is -3.45. The van der Waals surface area contributed by atoms with Crippen molar-refractivity contribution in [2.45, 2.75) is 46.5 Å². The van der Waals surface area contributed by atoms with Crippen molar-refractivity contribution >= 4 is 46.4 Å². The predicted molar refractivity (Wildman–Crippen MR) is 176 cm³/mol. The molecule has 0 saturated heterocycles. The maximum absolute atomic E-state index is 11.9. The Morgan fingerprint density at radius 3 is 2.40 bits per heavy atom. The van der Waals surface area contributed by atoms with Gasteiger partial charge in [0.1, 0.15) is 28.2 Å².